The Morgan fingerprint density at radius 2 is 0.867 bits per heavy atom. The number of hydrogen-bond acceptors (Lipinski definition) is 3. The first kappa shape index (κ1) is 43.6. The number of Topliss-reactive ketones (excluding diaryl/α,β-unsaturated/α-hetero) is 1. The minimum absolute atomic E-state index is 0.153. The fraction of sp³-hybridized carbons (Fsp3) is 0.854. The molecule has 4 nitrogen and oxygen atoms in total. The van der Waals surface area contributed by atoms with E-state index < -0.39 is 0 Å². The molecule has 0 aliphatic rings. The first-order valence-electron chi connectivity index (χ1n) is 19.8. The second kappa shape index (κ2) is 37.0. The Hall–Kier alpha value is -1.42. The van der Waals surface area contributed by atoms with Gasteiger partial charge < -0.3 is 10.1 Å². The molecule has 0 bridgehead atoms. The first-order chi connectivity index (χ1) is 22.1. The summed E-state index contributed by atoms with van der Waals surface area (Å²) in [6, 6.07) is 0. The van der Waals surface area contributed by atoms with E-state index in [1.807, 2.05) is 13.8 Å². The van der Waals surface area contributed by atoms with E-state index in [4.69, 9.17) is 4.74 Å². The maximum atomic E-state index is 12.2. The van der Waals surface area contributed by atoms with E-state index in [-0.39, 0.29) is 12.0 Å². The summed E-state index contributed by atoms with van der Waals surface area (Å²) in [5.41, 5.74) is 0. The van der Waals surface area contributed by atoms with Gasteiger partial charge in [0.25, 0.3) is 0 Å². The number of hydrogen-bond donors (Lipinski definition) is 1. The second-order valence-corrected chi connectivity index (χ2v) is 13.6. The Morgan fingerprint density at radius 1 is 0.511 bits per heavy atom. The van der Waals surface area contributed by atoms with Crippen molar-refractivity contribution in [1.82, 2.24) is 5.32 Å². The van der Waals surface area contributed by atoms with Crippen LogP contribution in [0.25, 0.3) is 0 Å². The van der Waals surface area contributed by atoms with E-state index in [1.54, 1.807) is 0 Å². The molecule has 0 fully saturated rings. The molecule has 0 aromatic heterocycles. The lowest BCUT2D eigenvalue weighted by Crippen LogP contribution is -2.27. The van der Waals surface area contributed by atoms with Gasteiger partial charge in [-0.3, -0.25) is 9.59 Å². The van der Waals surface area contributed by atoms with E-state index >= 15 is 0 Å². The predicted molar refractivity (Wildman–Crippen MR) is 197 cm³/mol. The van der Waals surface area contributed by atoms with Gasteiger partial charge in [-0.25, -0.2) is 0 Å². The molecule has 0 rings (SSSR count). The molecular formula is C41H77NO3. The Morgan fingerprint density at radius 3 is 1.27 bits per heavy atom. The number of unbranched alkanes of at least 4 members (excludes halogenated alkanes) is 22. The molecule has 0 unspecified atom stereocenters. The Kier molecular flexibility index (Phi) is 35.9. The number of rotatable bonds is 36. The molecule has 0 atom stereocenters. The van der Waals surface area contributed by atoms with Crippen LogP contribution in [0, 0.1) is 0 Å². The predicted octanol–water partition coefficient (Wildman–Crippen LogP) is 12.5. The van der Waals surface area contributed by atoms with Crippen molar-refractivity contribution in [3.8, 4) is 0 Å². The summed E-state index contributed by atoms with van der Waals surface area (Å²) < 4.78 is 5.44. The van der Waals surface area contributed by atoms with Gasteiger partial charge in [0.1, 0.15) is 5.78 Å². The number of carbonyl (C=O) groups is 2. The van der Waals surface area contributed by atoms with Gasteiger partial charge in [0.2, 0.25) is 5.91 Å². The molecule has 0 aliphatic carbocycles. The van der Waals surface area contributed by atoms with Crippen LogP contribution in [0.15, 0.2) is 24.3 Å². The van der Waals surface area contributed by atoms with Crippen molar-refractivity contribution in [1.29, 1.82) is 0 Å². The van der Waals surface area contributed by atoms with E-state index in [1.165, 1.54) is 141 Å². The van der Waals surface area contributed by atoms with Crippen LogP contribution in [0.2, 0.25) is 0 Å². The van der Waals surface area contributed by atoms with Crippen molar-refractivity contribution in [2.24, 2.45) is 0 Å². The van der Waals surface area contributed by atoms with Gasteiger partial charge >= 0.3 is 0 Å². The molecule has 4 heteroatoms. The Bertz CT molecular complexity index is 684. The smallest absolute Gasteiger partial charge is 0.220 e. The fourth-order valence-corrected chi connectivity index (χ4v) is 5.70. The minimum atomic E-state index is 0.153. The van der Waals surface area contributed by atoms with Gasteiger partial charge in [-0.2, -0.15) is 0 Å². The number of allylic oxidation sites excluding steroid dienone is 4. The first-order valence-corrected chi connectivity index (χ1v) is 19.8. The molecule has 0 aromatic carbocycles. The lowest BCUT2D eigenvalue weighted by atomic mass is 10.0. The summed E-state index contributed by atoms with van der Waals surface area (Å²) in [5.74, 6) is 0.642. The summed E-state index contributed by atoms with van der Waals surface area (Å²) in [5, 5.41) is 2.93. The van der Waals surface area contributed by atoms with Crippen molar-refractivity contribution >= 4 is 11.7 Å². The van der Waals surface area contributed by atoms with Gasteiger partial charge in [0, 0.05) is 25.8 Å². The topological polar surface area (TPSA) is 55.4 Å². The van der Waals surface area contributed by atoms with Crippen LogP contribution in [0.4, 0.5) is 0 Å². The summed E-state index contributed by atoms with van der Waals surface area (Å²) in [7, 11) is 0. The van der Waals surface area contributed by atoms with Crippen LogP contribution in [0.1, 0.15) is 207 Å². The van der Waals surface area contributed by atoms with Crippen molar-refractivity contribution < 1.29 is 14.3 Å². The zero-order chi connectivity index (χ0) is 32.9. The molecule has 45 heavy (non-hydrogen) atoms. The van der Waals surface area contributed by atoms with Gasteiger partial charge in [-0.05, 0) is 84.5 Å². The van der Waals surface area contributed by atoms with Gasteiger partial charge in [-0.1, -0.05) is 128 Å². The molecule has 0 saturated carbocycles. The van der Waals surface area contributed by atoms with Gasteiger partial charge in [0.05, 0.1) is 12.7 Å². The fourth-order valence-electron chi connectivity index (χ4n) is 5.70. The molecule has 0 spiro atoms. The zero-order valence-electron chi connectivity index (χ0n) is 30.5. The van der Waals surface area contributed by atoms with Gasteiger partial charge in [-0.15, -0.1) is 0 Å². The lowest BCUT2D eigenvalue weighted by Gasteiger charge is -2.08. The average molecular weight is 632 g/mol. The maximum absolute atomic E-state index is 12.2. The maximum Gasteiger partial charge on any atom is 0.220 e. The summed E-state index contributed by atoms with van der Waals surface area (Å²) in [4.78, 5) is 24.0. The molecule has 0 heterocycles. The van der Waals surface area contributed by atoms with Crippen molar-refractivity contribution in [3.05, 3.63) is 24.3 Å². The normalized spacial score (nSPS) is 11.8. The molecular weight excluding hydrogens is 554 g/mol. The van der Waals surface area contributed by atoms with Crippen LogP contribution >= 0.6 is 0 Å². The van der Waals surface area contributed by atoms with E-state index in [0.29, 0.717) is 25.4 Å². The number of carbonyl (C=O) groups excluding carboxylic acids is 2. The van der Waals surface area contributed by atoms with E-state index in [9.17, 15) is 9.59 Å². The summed E-state index contributed by atoms with van der Waals surface area (Å²) >= 11 is 0. The summed E-state index contributed by atoms with van der Waals surface area (Å²) in [6.45, 7) is 7.50. The highest BCUT2D eigenvalue weighted by atomic mass is 16.5. The lowest BCUT2D eigenvalue weighted by molar-refractivity contribution is -0.121. The zero-order valence-corrected chi connectivity index (χ0v) is 30.5. The molecule has 0 radical (unpaired) electrons. The van der Waals surface area contributed by atoms with Gasteiger partial charge in [0.15, 0.2) is 0 Å². The van der Waals surface area contributed by atoms with Crippen molar-refractivity contribution in [2.45, 2.75) is 213 Å². The van der Waals surface area contributed by atoms with Crippen molar-refractivity contribution in [3.63, 3.8) is 0 Å². The second-order valence-electron chi connectivity index (χ2n) is 13.6. The highest BCUT2D eigenvalue weighted by Gasteiger charge is 2.03. The van der Waals surface area contributed by atoms with Crippen LogP contribution in [-0.2, 0) is 14.3 Å². The molecule has 264 valence electrons. The number of ether oxygens (including phenoxy) is 1. The minimum Gasteiger partial charge on any atom is -0.377 e. The third-order valence-electron chi connectivity index (χ3n) is 8.61. The highest BCUT2D eigenvalue weighted by molar-refractivity contribution is 5.78. The molecule has 1 amide bonds. The van der Waals surface area contributed by atoms with E-state index in [2.05, 4.69) is 36.5 Å². The molecule has 0 aromatic rings. The largest absolute Gasteiger partial charge is 0.377 e. The Balaban J connectivity index is 3.29. The van der Waals surface area contributed by atoms with Crippen LogP contribution < -0.4 is 5.32 Å². The number of amides is 1. The van der Waals surface area contributed by atoms with Crippen molar-refractivity contribution in [2.75, 3.05) is 13.2 Å². The number of ketones is 1. The SMILES string of the molecule is CCCCCCCC/C=C\CCCCCCCC(=O)CCCCCCCC/C=C\CCCCCCCC(=O)NCCOC(C)C. The summed E-state index contributed by atoms with van der Waals surface area (Å²) in [6.07, 6.45) is 44.7. The number of nitrogens with one attached hydrogen (secondary N) is 1. The van der Waals surface area contributed by atoms with E-state index in [0.717, 1.165) is 38.5 Å². The van der Waals surface area contributed by atoms with Crippen LogP contribution in [0.3, 0.4) is 0 Å². The highest BCUT2D eigenvalue weighted by Crippen LogP contribution is 2.14. The average Bonchev–Trinajstić information content (AvgIpc) is 3.02. The Labute approximate surface area is 281 Å². The van der Waals surface area contributed by atoms with Crippen LogP contribution in [0.5, 0.6) is 0 Å². The quantitative estimate of drug-likeness (QED) is 0.0553. The van der Waals surface area contributed by atoms with Crippen LogP contribution in [-0.4, -0.2) is 30.9 Å². The molecule has 0 saturated heterocycles. The third-order valence-corrected chi connectivity index (χ3v) is 8.61. The third kappa shape index (κ3) is 38.7. The monoisotopic (exact) mass is 632 g/mol. The molecule has 1 N–H and O–H groups in total. The standard InChI is InChI=1S/C41H77NO3/c1-4-5-6-7-8-9-10-11-13-16-19-22-25-28-31-34-40(43)35-32-29-26-23-20-17-14-12-15-18-21-24-27-30-33-36-41(44)42-37-38-45-39(2)3/h11-13,15,39H,4-10,14,16-38H2,1-3H3,(H,42,44)/b13-11-,15-12-. The molecule has 0 aliphatic heterocycles.